The van der Waals surface area contributed by atoms with Crippen LogP contribution in [0.15, 0.2) is 48.5 Å². The van der Waals surface area contributed by atoms with Gasteiger partial charge in [-0.3, -0.25) is 9.59 Å². The van der Waals surface area contributed by atoms with Gasteiger partial charge < -0.3 is 10.2 Å². The van der Waals surface area contributed by atoms with Crippen molar-refractivity contribution in [2.45, 2.75) is 32.7 Å². The Morgan fingerprint density at radius 1 is 1.29 bits per heavy atom. The zero-order chi connectivity index (χ0) is 19.7. The van der Waals surface area contributed by atoms with Crippen LogP contribution < -0.4 is 5.32 Å². The lowest BCUT2D eigenvalue weighted by molar-refractivity contribution is -0.129. The van der Waals surface area contributed by atoms with E-state index < -0.39 is 0 Å². The third-order valence-corrected chi connectivity index (χ3v) is 6.44. The molecule has 0 bridgehead atoms. The zero-order valence-corrected chi connectivity index (χ0v) is 16.8. The summed E-state index contributed by atoms with van der Waals surface area (Å²) in [7, 11) is 0. The Balaban J connectivity index is 1.45. The molecule has 0 saturated carbocycles. The maximum Gasteiger partial charge on any atom is 0.229 e. The summed E-state index contributed by atoms with van der Waals surface area (Å²) in [4.78, 5) is 31.6. The van der Waals surface area contributed by atoms with E-state index in [0.29, 0.717) is 6.54 Å². The van der Waals surface area contributed by atoms with Gasteiger partial charge in [0.1, 0.15) is 0 Å². The zero-order valence-electron chi connectivity index (χ0n) is 16.0. The number of hydrogen-bond donors (Lipinski definition) is 1. The van der Waals surface area contributed by atoms with Crippen molar-refractivity contribution in [3.63, 3.8) is 0 Å². The molecule has 6 heteroatoms. The predicted octanol–water partition coefficient (Wildman–Crippen LogP) is 4.41. The molecule has 1 fully saturated rings. The summed E-state index contributed by atoms with van der Waals surface area (Å²) < 4.78 is 1.07. The second-order valence-corrected chi connectivity index (χ2v) is 8.28. The fourth-order valence-electron chi connectivity index (χ4n) is 3.64. The van der Waals surface area contributed by atoms with Gasteiger partial charge in [0, 0.05) is 18.7 Å². The van der Waals surface area contributed by atoms with E-state index in [9.17, 15) is 9.59 Å². The molecule has 2 heterocycles. The highest BCUT2D eigenvalue weighted by Gasteiger charge is 2.37. The van der Waals surface area contributed by atoms with E-state index in [1.807, 2.05) is 55.5 Å². The summed E-state index contributed by atoms with van der Waals surface area (Å²) in [5.41, 5.74) is 2.80. The fourth-order valence-corrected chi connectivity index (χ4v) is 4.59. The second kappa shape index (κ2) is 7.72. The van der Waals surface area contributed by atoms with Gasteiger partial charge in [0.05, 0.1) is 27.2 Å². The lowest BCUT2D eigenvalue weighted by Gasteiger charge is -2.25. The summed E-state index contributed by atoms with van der Waals surface area (Å²) in [5, 5.41) is 4.07. The number of carbonyl (C=O) groups excluding carboxylic acids is 2. The monoisotopic (exact) mass is 393 g/mol. The van der Waals surface area contributed by atoms with E-state index in [1.54, 1.807) is 16.2 Å². The highest BCUT2D eigenvalue weighted by atomic mass is 32.1. The molecule has 0 aliphatic carbocycles. The maximum atomic E-state index is 12.8. The van der Waals surface area contributed by atoms with Gasteiger partial charge in [0.25, 0.3) is 0 Å². The summed E-state index contributed by atoms with van der Waals surface area (Å²) in [6, 6.07) is 15.7. The minimum Gasteiger partial charge on any atom is -0.335 e. The number of nitrogens with one attached hydrogen (secondary N) is 1. The number of benzene rings is 2. The molecule has 1 N–H and O–H groups in total. The Morgan fingerprint density at radius 3 is 2.82 bits per heavy atom. The van der Waals surface area contributed by atoms with Gasteiger partial charge in [0.2, 0.25) is 11.8 Å². The molecule has 1 aromatic heterocycles. The quantitative estimate of drug-likeness (QED) is 0.698. The lowest BCUT2D eigenvalue weighted by Crippen LogP contribution is -2.30. The second-order valence-electron chi connectivity index (χ2n) is 7.17. The average molecular weight is 394 g/mol. The normalized spacial score (nSPS) is 17.9. The molecule has 28 heavy (non-hydrogen) atoms. The largest absolute Gasteiger partial charge is 0.335 e. The van der Waals surface area contributed by atoms with Crippen molar-refractivity contribution >= 4 is 39.1 Å². The molecule has 2 aromatic carbocycles. The van der Waals surface area contributed by atoms with Gasteiger partial charge in [-0.15, -0.1) is 11.3 Å². The molecule has 1 aliphatic rings. The highest BCUT2D eigenvalue weighted by Crippen LogP contribution is 2.30. The van der Waals surface area contributed by atoms with E-state index in [2.05, 4.69) is 17.2 Å². The standard InChI is InChI=1S/C22H23N3O2S/c1-3-20-24-18-10-9-17(12-19(18)28-20)23-22(27)16-11-21(26)25(13-16)14(2)15-7-5-4-6-8-15/h4-10,12,14,16H,3,11,13H2,1-2H3,(H,23,27). The van der Waals surface area contributed by atoms with E-state index >= 15 is 0 Å². The van der Waals surface area contributed by atoms with Crippen LogP contribution in [-0.4, -0.2) is 28.2 Å². The minimum absolute atomic E-state index is 0.0296. The first-order chi connectivity index (χ1) is 13.5. The predicted molar refractivity (Wildman–Crippen MR) is 112 cm³/mol. The number of aryl methyl sites for hydroxylation is 1. The summed E-state index contributed by atoms with van der Waals surface area (Å²) >= 11 is 1.65. The van der Waals surface area contributed by atoms with Crippen molar-refractivity contribution < 1.29 is 9.59 Å². The van der Waals surface area contributed by atoms with Gasteiger partial charge in [-0.25, -0.2) is 4.98 Å². The van der Waals surface area contributed by atoms with Crippen LogP contribution in [0.3, 0.4) is 0 Å². The molecule has 3 aromatic rings. The number of amides is 2. The van der Waals surface area contributed by atoms with E-state index in [4.69, 9.17) is 0 Å². The Hall–Kier alpha value is -2.73. The summed E-state index contributed by atoms with van der Waals surface area (Å²) in [6.07, 6.45) is 1.16. The van der Waals surface area contributed by atoms with Crippen molar-refractivity contribution in [1.29, 1.82) is 0 Å². The van der Waals surface area contributed by atoms with E-state index in [1.165, 1.54) is 0 Å². The van der Waals surface area contributed by atoms with Crippen LogP contribution in [0.5, 0.6) is 0 Å². The number of aromatic nitrogens is 1. The molecule has 2 amide bonds. The van der Waals surface area contributed by atoms with Crippen molar-refractivity contribution in [3.8, 4) is 0 Å². The highest BCUT2D eigenvalue weighted by molar-refractivity contribution is 7.18. The molecule has 144 valence electrons. The minimum atomic E-state index is -0.331. The van der Waals surface area contributed by atoms with Crippen LogP contribution in [-0.2, 0) is 16.0 Å². The number of thiazole rings is 1. The molecule has 2 unspecified atom stereocenters. The van der Waals surface area contributed by atoms with Gasteiger partial charge in [-0.2, -0.15) is 0 Å². The topological polar surface area (TPSA) is 62.3 Å². The smallest absolute Gasteiger partial charge is 0.229 e. The number of nitrogens with zero attached hydrogens (tertiary/aromatic N) is 2. The Kier molecular flexibility index (Phi) is 5.13. The Labute approximate surface area is 168 Å². The molecule has 1 saturated heterocycles. The van der Waals surface area contributed by atoms with Gasteiger partial charge in [0.15, 0.2) is 0 Å². The SMILES string of the molecule is CCc1nc2ccc(NC(=O)C3CC(=O)N(C(C)c4ccccc4)C3)cc2s1. The number of hydrogen-bond acceptors (Lipinski definition) is 4. The van der Waals surface area contributed by atoms with Crippen molar-refractivity contribution in [2.75, 3.05) is 11.9 Å². The number of carbonyl (C=O) groups is 2. The van der Waals surface area contributed by atoms with Crippen LogP contribution >= 0.6 is 11.3 Å². The third kappa shape index (κ3) is 3.64. The van der Waals surface area contributed by atoms with Crippen LogP contribution in [0, 0.1) is 5.92 Å². The van der Waals surface area contributed by atoms with Gasteiger partial charge in [-0.05, 0) is 37.1 Å². The maximum absolute atomic E-state index is 12.8. The summed E-state index contributed by atoms with van der Waals surface area (Å²) in [6.45, 7) is 4.54. The third-order valence-electron chi connectivity index (χ3n) is 5.28. The van der Waals surface area contributed by atoms with Crippen LogP contribution in [0.2, 0.25) is 0 Å². The number of fused-ring (bicyclic) bond motifs is 1. The van der Waals surface area contributed by atoms with Crippen LogP contribution in [0.1, 0.15) is 36.9 Å². The lowest BCUT2D eigenvalue weighted by atomic mass is 10.1. The Bertz CT molecular complexity index is 1020. The first kappa shape index (κ1) is 18.6. The fraction of sp³-hybridized carbons (Fsp3) is 0.318. The first-order valence-electron chi connectivity index (χ1n) is 9.60. The average Bonchev–Trinajstić information content (AvgIpc) is 3.31. The molecule has 2 atom stereocenters. The molecule has 1 aliphatic heterocycles. The van der Waals surface area contributed by atoms with Crippen LogP contribution in [0.4, 0.5) is 5.69 Å². The molecular formula is C22H23N3O2S. The van der Waals surface area contributed by atoms with Crippen molar-refractivity contribution in [1.82, 2.24) is 9.88 Å². The number of anilines is 1. The van der Waals surface area contributed by atoms with Gasteiger partial charge in [-0.1, -0.05) is 37.3 Å². The Morgan fingerprint density at radius 2 is 2.07 bits per heavy atom. The van der Waals surface area contributed by atoms with E-state index in [0.717, 1.165) is 32.9 Å². The van der Waals surface area contributed by atoms with Crippen molar-refractivity contribution in [3.05, 3.63) is 59.1 Å². The number of rotatable bonds is 5. The van der Waals surface area contributed by atoms with Gasteiger partial charge >= 0.3 is 0 Å². The first-order valence-corrected chi connectivity index (χ1v) is 10.4. The number of likely N-dealkylation sites (tertiary alicyclic amines) is 1. The molecule has 4 rings (SSSR count). The molecular weight excluding hydrogens is 370 g/mol. The van der Waals surface area contributed by atoms with E-state index in [-0.39, 0.29) is 30.2 Å². The molecule has 0 radical (unpaired) electrons. The molecule has 0 spiro atoms. The van der Waals surface area contributed by atoms with Crippen LogP contribution in [0.25, 0.3) is 10.2 Å². The molecule has 5 nitrogen and oxygen atoms in total. The van der Waals surface area contributed by atoms with Crippen molar-refractivity contribution in [2.24, 2.45) is 5.92 Å². The summed E-state index contributed by atoms with van der Waals surface area (Å²) in [5.74, 6) is -0.403.